The lowest BCUT2D eigenvalue weighted by Crippen LogP contribution is -2.20. The van der Waals surface area contributed by atoms with E-state index in [0.717, 1.165) is 0 Å². The van der Waals surface area contributed by atoms with Crippen LogP contribution in [0.25, 0.3) is 10.9 Å². The van der Waals surface area contributed by atoms with E-state index in [1.54, 1.807) is 0 Å². The molecule has 1 aromatic carbocycles. The van der Waals surface area contributed by atoms with E-state index in [-0.39, 0.29) is 11.2 Å². The maximum Gasteiger partial charge on any atom is 0.271 e. The summed E-state index contributed by atoms with van der Waals surface area (Å²) in [4.78, 5) is 26.2. The maximum atomic E-state index is 12.1. The number of unbranched alkanes of at least 4 members (excludes halogenated alkanes) is 1. The van der Waals surface area contributed by atoms with Crippen LogP contribution >= 0.6 is 0 Å². The first-order chi connectivity index (χ1) is 9.13. The molecule has 19 heavy (non-hydrogen) atoms. The molecule has 0 saturated heterocycles. The van der Waals surface area contributed by atoms with Crippen molar-refractivity contribution in [3.63, 3.8) is 0 Å². The highest BCUT2D eigenvalue weighted by Gasteiger charge is 2.10. The third-order valence-electron chi connectivity index (χ3n) is 2.71. The summed E-state index contributed by atoms with van der Waals surface area (Å²) in [5.41, 5.74) is -0.0461. The molecule has 0 atom stereocenters. The fourth-order valence-electron chi connectivity index (χ4n) is 1.75. The summed E-state index contributed by atoms with van der Waals surface area (Å²) in [6, 6.07) is 5.97. The standard InChI is InChI=1S/C12H10N4O3/c13-5-1-2-6-15-8-14-11-7-9(16(18)19)3-4-10(11)12(15)17/h3-4,7-8H,1-2,6H2. The first kappa shape index (κ1) is 12.7. The quantitative estimate of drug-likeness (QED) is 0.471. The summed E-state index contributed by atoms with van der Waals surface area (Å²) < 4.78 is 1.41. The van der Waals surface area contributed by atoms with Crippen molar-refractivity contribution in [1.29, 1.82) is 5.26 Å². The lowest BCUT2D eigenvalue weighted by atomic mass is 10.2. The van der Waals surface area contributed by atoms with E-state index in [9.17, 15) is 14.9 Å². The number of hydrogen-bond donors (Lipinski definition) is 0. The largest absolute Gasteiger partial charge is 0.299 e. The van der Waals surface area contributed by atoms with E-state index in [2.05, 4.69) is 4.98 Å². The van der Waals surface area contributed by atoms with Gasteiger partial charge in [-0.3, -0.25) is 19.5 Å². The minimum atomic E-state index is -0.528. The van der Waals surface area contributed by atoms with Gasteiger partial charge in [-0.05, 0) is 12.5 Å². The van der Waals surface area contributed by atoms with Gasteiger partial charge in [0.05, 0.1) is 28.2 Å². The minimum absolute atomic E-state index is 0.0957. The Morgan fingerprint density at radius 3 is 2.95 bits per heavy atom. The highest BCUT2D eigenvalue weighted by molar-refractivity contribution is 5.79. The van der Waals surface area contributed by atoms with Gasteiger partial charge in [0.15, 0.2) is 0 Å². The Morgan fingerprint density at radius 1 is 1.47 bits per heavy atom. The van der Waals surface area contributed by atoms with Gasteiger partial charge in [-0.15, -0.1) is 0 Å². The van der Waals surface area contributed by atoms with Crippen LogP contribution in [0.3, 0.4) is 0 Å². The summed E-state index contributed by atoms with van der Waals surface area (Å²) in [5.74, 6) is 0. The molecule has 0 spiro atoms. The summed E-state index contributed by atoms with van der Waals surface area (Å²) in [7, 11) is 0. The fourth-order valence-corrected chi connectivity index (χ4v) is 1.75. The van der Waals surface area contributed by atoms with Crippen LogP contribution in [0, 0.1) is 21.4 Å². The molecule has 0 aliphatic heterocycles. The molecule has 0 unspecified atom stereocenters. The second-order valence-electron chi connectivity index (χ2n) is 3.96. The number of hydrogen-bond acceptors (Lipinski definition) is 5. The van der Waals surface area contributed by atoms with Gasteiger partial charge in [0.25, 0.3) is 11.2 Å². The lowest BCUT2D eigenvalue weighted by molar-refractivity contribution is -0.384. The van der Waals surface area contributed by atoms with Gasteiger partial charge in [0, 0.05) is 25.1 Å². The molecule has 0 bridgehead atoms. The third kappa shape index (κ3) is 2.57. The average Bonchev–Trinajstić information content (AvgIpc) is 2.41. The molecule has 1 heterocycles. The van der Waals surface area contributed by atoms with Crippen LogP contribution < -0.4 is 5.56 Å². The van der Waals surface area contributed by atoms with Crippen molar-refractivity contribution in [2.24, 2.45) is 0 Å². The molecule has 0 amide bonds. The van der Waals surface area contributed by atoms with Gasteiger partial charge in [0.2, 0.25) is 0 Å². The van der Waals surface area contributed by atoms with Gasteiger partial charge in [-0.2, -0.15) is 5.26 Å². The number of benzene rings is 1. The van der Waals surface area contributed by atoms with Crippen LogP contribution in [0.1, 0.15) is 12.8 Å². The Morgan fingerprint density at radius 2 is 2.26 bits per heavy atom. The van der Waals surface area contributed by atoms with Gasteiger partial charge >= 0.3 is 0 Å². The molecule has 1 aromatic heterocycles. The second kappa shape index (κ2) is 5.27. The van der Waals surface area contributed by atoms with E-state index in [0.29, 0.717) is 30.3 Å². The predicted octanol–water partition coefficient (Wildman–Crippen LogP) is 1.61. The third-order valence-corrected chi connectivity index (χ3v) is 2.71. The molecule has 0 radical (unpaired) electrons. The number of rotatable bonds is 4. The van der Waals surface area contributed by atoms with Crippen molar-refractivity contribution in [3.8, 4) is 6.07 Å². The fraction of sp³-hybridized carbons (Fsp3) is 0.250. The molecule has 96 valence electrons. The Bertz CT molecular complexity index is 730. The van der Waals surface area contributed by atoms with Crippen molar-refractivity contribution in [1.82, 2.24) is 9.55 Å². The van der Waals surface area contributed by atoms with E-state index < -0.39 is 4.92 Å². The number of nitrogens with zero attached hydrogens (tertiary/aromatic N) is 4. The van der Waals surface area contributed by atoms with Crippen LogP contribution in [0.2, 0.25) is 0 Å². The molecule has 0 aliphatic carbocycles. The van der Waals surface area contributed by atoms with E-state index in [1.807, 2.05) is 6.07 Å². The zero-order chi connectivity index (χ0) is 13.8. The Hall–Kier alpha value is -2.75. The number of nitro benzene ring substituents is 1. The number of nitriles is 1. The van der Waals surface area contributed by atoms with Gasteiger partial charge in [-0.1, -0.05) is 0 Å². The Balaban J connectivity index is 2.43. The van der Waals surface area contributed by atoms with Crippen molar-refractivity contribution >= 4 is 16.6 Å². The van der Waals surface area contributed by atoms with Crippen LogP contribution in [0.15, 0.2) is 29.3 Å². The van der Waals surface area contributed by atoms with Crippen molar-refractivity contribution < 1.29 is 4.92 Å². The second-order valence-corrected chi connectivity index (χ2v) is 3.96. The van der Waals surface area contributed by atoms with Crippen LogP contribution in [0.5, 0.6) is 0 Å². The number of non-ortho nitro benzene ring substituents is 1. The molecule has 0 fully saturated rings. The molecule has 0 saturated carbocycles. The summed E-state index contributed by atoms with van der Waals surface area (Å²) >= 11 is 0. The number of aromatic nitrogens is 2. The van der Waals surface area contributed by atoms with Crippen LogP contribution in [-0.4, -0.2) is 14.5 Å². The molecular formula is C12H10N4O3. The van der Waals surface area contributed by atoms with Crippen molar-refractivity contribution in [3.05, 3.63) is 45.0 Å². The molecular weight excluding hydrogens is 248 g/mol. The predicted molar refractivity (Wildman–Crippen MR) is 67.5 cm³/mol. The topological polar surface area (TPSA) is 102 Å². The summed E-state index contributed by atoms with van der Waals surface area (Å²) in [5, 5.41) is 19.4. The normalized spacial score (nSPS) is 10.3. The van der Waals surface area contributed by atoms with Crippen molar-refractivity contribution in [2.45, 2.75) is 19.4 Å². The molecule has 0 N–H and O–H groups in total. The summed E-state index contributed by atoms with van der Waals surface area (Å²) in [6.45, 7) is 0.409. The molecule has 0 aliphatic rings. The smallest absolute Gasteiger partial charge is 0.271 e. The molecule has 2 rings (SSSR count). The zero-order valence-electron chi connectivity index (χ0n) is 9.94. The first-order valence-corrected chi connectivity index (χ1v) is 5.64. The SMILES string of the molecule is N#CCCCn1cnc2cc([N+](=O)[O-])ccc2c1=O. The molecule has 7 heteroatoms. The average molecular weight is 258 g/mol. The monoisotopic (exact) mass is 258 g/mol. The Labute approximate surface area is 107 Å². The Kier molecular flexibility index (Phi) is 3.52. The number of nitro groups is 1. The van der Waals surface area contributed by atoms with Crippen molar-refractivity contribution in [2.75, 3.05) is 0 Å². The highest BCUT2D eigenvalue weighted by Crippen LogP contribution is 2.16. The number of fused-ring (bicyclic) bond motifs is 1. The van der Waals surface area contributed by atoms with E-state index >= 15 is 0 Å². The van der Waals surface area contributed by atoms with Crippen LogP contribution in [0.4, 0.5) is 5.69 Å². The molecule has 7 nitrogen and oxygen atoms in total. The summed E-state index contributed by atoms with van der Waals surface area (Å²) in [6.07, 6.45) is 2.28. The van der Waals surface area contributed by atoms with Gasteiger partial charge in [0.1, 0.15) is 0 Å². The minimum Gasteiger partial charge on any atom is -0.299 e. The molecule has 2 aromatic rings. The van der Waals surface area contributed by atoms with E-state index in [1.165, 1.54) is 29.1 Å². The van der Waals surface area contributed by atoms with Gasteiger partial charge < -0.3 is 0 Å². The number of aryl methyl sites for hydroxylation is 1. The first-order valence-electron chi connectivity index (χ1n) is 5.64. The van der Waals surface area contributed by atoms with Gasteiger partial charge in [-0.25, -0.2) is 4.98 Å². The van der Waals surface area contributed by atoms with E-state index in [4.69, 9.17) is 5.26 Å². The maximum absolute atomic E-state index is 12.1. The van der Waals surface area contributed by atoms with Crippen LogP contribution in [-0.2, 0) is 6.54 Å². The highest BCUT2D eigenvalue weighted by atomic mass is 16.6. The zero-order valence-corrected chi connectivity index (χ0v) is 9.94. The lowest BCUT2D eigenvalue weighted by Gasteiger charge is -2.04.